The Morgan fingerprint density at radius 2 is 2.04 bits per heavy atom. The van der Waals surface area contributed by atoms with Crippen LogP contribution in [0.3, 0.4) is 0 Å². The van der Waals surface area contributed by atoms with Crippen LogP contribution in [-0.2, 0) is 17.9 Å². The summed E-state index contributed by atoms with van der Waals surface area (Å²) in [7, 11) is 1.63. The van der Waals surface area contributed by atoms with Crippen molar-refractivity contribution in [3.8, 4) is 0 Å². The second-order valence-electron chi connectivity index (χ2n) is 6.58. The highest BCUT2D eigenvalue weighted by atomic mass is 16.5. The zero-order chi connectivity index (χ0) is 18.9. The maximum absolute atomic E-state index is 12.3. The van der Waals surface area contributed by atoms with Crippen LogP contribution in [0.5, 0.6) is 0 Å². The van der Waals surface area contributed by atoms with Gasteiger partial charge in [-0.1, -0.05) is 42.5 Å². The van der Waals surface area contributed by atoms with Crippen LogP contribution in [0.2, 0.25) is 0 Å². The van der Waals surface area contributed by atoms with E-state index >= 15 is 0 Å². The summed E-state index contributed by atoms with van der Waals surface area (Å²) in [5.41, 5.74) is 2.92. The molecule has 2 N–H and O–H groups in total. The Morgan fingerprint density at radius 3 is 2.78 bits per heavy atom. The molecule has 2 aromatic rings. The second-order valence-corrected chi connectivity index (χ2v) is 6.58. The lowest BCUT2D eigenvalue weighted by atomic mass is 10.2. The average Bonchev–Trinajstić information content (AvgIpc) is 3.15. The number of aromatic nitrogens is 2. The predicted octanol–water partition coefficient (Wildman–Crippen LogP) is 2.10. The van der Waals surface area contributed by atoms with Gasteiger partial charge in [0, 0.05) is 39.8 Å². The Balaban J connectivity index is 1.36. The molecule has 27 heavy (non-hydrogen) atoms. The number of hydrogen-bond acceptors (Lipinski definition) is 4. The third kappa shape index (κ3) is 5.94. The van der Waals surface area contributed by atoms with Crippen LogP contribution < -0.4 is 5.32 Å². The van der Waals surface area contributed by atoms with E-state index in [1.165, 1.54) is 5.56 Å². The summed E-state index contributed by atoms with van der Waals surface area (Å²) < 4.78 is 5.04. The van der Waals surface area contributed by atoms with E-state index in [1.54, 1.807) is 7.11 Å². The van der Waals surface area contributed by atoms with Crippen molar-refractivity contribution in [2.24, 2.45) is 0 Å². The van der Waals surface area contributed by atoms with Crippen LogP contribution in [-0.4, -0.2) is 65.9 Å². The number of H-pyrrole nitrogens is 1. The van der Waals surface area contributed by atoms with E-state index in [0.29, 0.717) is 13.2 Å². The summed E-state index contributed by atoms with van der Waals surface area (Å²) in [5, 5.41) is 9.99. The van der Waals surface area contributed by atoms with Crippen molar-refractivity contribution in [1.82, 2.24) is 25.3 Å². The van der Waals surface area contributed by atoms with Gasteiger partial charge in [0.1, 0.15) is 0 Å². The SMILES string of the molecule is COCc1cc(CNC(=O)N2CCN(C/C=C/c3ccccc3)CC2)[nH]n1. The van der Waals surface area contributed by atoms with Gasteiger partial charge in [0.2, 0.25) is 0 Å². The number of carbonyl (C=O) groups excluding carboxylic acids is 1. The fraction of sp³-hybridized carbons (Fsp3) is 0.400. The summed E-state index contributed by atoms with van der Waals surface area (Å²) in [6.07, 6.45) is 4.32. The molecular weight excluding hydrogens is 342 g/mol. The van der Waals surface area contributed by atoms with Crippen molar-refractivity contribution in [2.45, 2.75) is 13.2 Å². The highest BCUT2D eigenvalue weighted by Crippen LogP contribution is 2.06. The number of hydrogen-bond donors (Lipinski definition) is 2. The molecule has 1 fully saturated rings. The Labute approximate surface area is 160 Å². The van der Waals surface area contributed by atoms with Crippen molar-refractivity contribution in [2.75, 3.05) is 39.8 Å². The van der Waals surface area contributed by atoms with Crippen molar-refractivity contribution in [3.63, 3.8) is 0 Å². The molecule has 144 valence electrons. The predicted molar refractivity (Wildman–Crippen MR) is 105 cm³/mol. The summed E-state index contributed by atoms with van der Waals surface area (Å²) in [6, 6.07) is 12.2. The van der Waals surface area contributed by atoms with Gasteiger partial charge in [0.05, 0.1) is 24.5 Å². The molecule has 7 nitrogen and oxygen atoms in total. The van der Waals surface area contributed by atoms with Gasteiger partial charge in [0.25, 0.3) is 0 Å². The molecule has 7 heteroatoms. The molecule has 1 aromatic heterocycles. The molecule has 0 radical (unpaired) electrons. The van der Waals surface area contributed by atoms with Gasteiger partial charge < -0.3 is 15.0 Å². The van der Waals surface area contributed by atoms with Crippen molar-refractivity contribution in [1.29, 1.82) is 0 Å². The molecule has 0 spiro atoms. The zero-order valence-corrected chi connectivity index (χ0v) is 15.7. The Hall–Kier alpha value is -2.64. The summed E-state index contributed by atoms with van der Waals surface area (Å²) in [4.78, 5) is 16.6. The fourth-order valence-electron chi connectivity index (χ4n) is 3.04. The molecule has 1 saturated heterocycles. The first-order valence-corrected chi connectivity index (χ1v) is 9.23. The number of rotatable bonds is 7. The maximum Gasteiger partial charge on any atom is 0.317 e. The Morgan fingerprint density at radius 1 is 1.26 bits per heavy atom. The highest BCUT2D eigenvalue weighted by Gasteiger charge is 2.20. The molecule has 0 aliphatic carbocycles. The highest BCUT2D eigenvalue weighted by molar-refractivity contribution is 5.74. The van der Waals surface area contributed by atoms with Crippen LogP contribution in [0.1, 0.15) is 17.0 Å². The van der Waals surface area contributed by atoms with E-state index in [1.807, 2.05) is 29.2 Å². The first-order chi connectivity index (χ1) is 13.2. The lowest BCUT2D eigenvalue weighted by Gasteiger charge is -2.34. The Kier molecular flexibility index (Phi) is 7.01. The monoisotopic (exact) mass is 369 g/mol. The van der Waals surface area contributed by atoms with Gasteiger partial charge in [-0.3, -0.25) is 10.00 Å². The minimum absolute atomic E-state index is 0.0302. The molecule has 3 rings (SSSR count). The van der Waals surface area contributed by atoms with Crippen LogP contribution >= 0.6 is 0 Å². The topological polar surface area (TPSA) is 73.5 Å². The molecule has 1 aliphatic heterocycles. The van der Waals surface area contributed by atoms with Crippen molar-refractivity contribution >= 4 is 12.1 Å². The van der Waals surface area contributed by atoms with E-state index < -0.39 is 0 Å². The van der Waals surface area contributed by atoms with Gasteiger partial charge in [-0.15, -0.1) is 0 Å². The molecule has 2 amide bonds. The number of nitrogens with zero attached hydrogens (tertiary/aromatic N) is 3. The molecule has 0 atom stereocenters. The molecule has 1 aromatic carbocycles. The molecule has 0 unspecified atom stereocenters. The maximum atomic E-state index is 12.3. The third-order valence-electron chi connectivity index (χ3n) is 4.54. The number of amides is 2. The normalized spacial score (nSPS) is 15.4. The zero-order valence-electron chi connectivity index (χ0n) is 15.7. The lowest BCUT2D eigenvalue weighted by molar-refractivity contribution is 0.146. The van der Waals surface area contributed by atoms with E-state index in [0.717, 1.165) is 44.1 Å². The summed E-state index contributed by atoms with van der Waals surface area (Å²) in [5.74, 6) is 0. The number of ether oxygens (including phenoxy) is 1. The van der Waals surface area contributed by atoms with Gasteiger partial charge in [0.15, 0.2) is 0 Å². The third-order valence-corrected chi connectivity index (χ3v) is 4.54. The van der Waals surface area contributed by atoms with E-state index in [2.05, 4.69) is 44.7 Å². The minimum Gasteiger partial charge on any atom is -0.378 e. The minimum atomic E-state index is -0.0302. The van der Waals surface area contributed by atoms with E-state index in [9.17, 15) is 4.79 Å². The summed E-state index contributed by atoms with van der Waals surface area (Å²) in [6.45, 7) is 5.05. The van der Waals surface area contributed by atoms with Crippen LogP contribution in [0, 0.1) is 0 Å². The lowest BCUT2D eigenvalue weighted by Crippen LogP contribution is -2.51. The summed E-state index contributed by atoms with van der Waals surface area (Å²) >= 11 is 0. The smallest absolute Gasteiger partial charge is 0.317 e. The van der Waals surface area contributed by atoms with Gasteiger partial charge in [-0.2, -0.15) is 5.10 Å². The van der Waals surface area contributed by atoms with Crippen LogP contribution in [0.15, 0.2) is 42.5 Å². The number of nitrogens with one attached hydrogen (secondary N) is 2. The van der Waals surface area contributed by atoms with E-state index in [4.69, 9.17) is 4.74 Å². The van der Waals surface area contributed by atoms with Gasteiger partial charge in [-0.05, 0) is 11.6 Å². The molecule has 1 aliphatic rings. The second kappa shape index (κ2) is 9.89. The first kappa shape index (κ1) is 19.1. The van der Waals surface area contributed by atoms with Crippen molar-refractivity contribution in [3.05, 3.63) is 59.4 Å². The molecule has 2 heterocycles. The largest absolute Gasteiger partial charge is 0.378 e. The number of urea groups is 1. The number of methoxy groups -OCH3 is 1. The van der Waals surface area contributed by atoms with Crippen LogP contribution in [0.4, 0.5) is 4.79 Å². The number of aromatic amines is 1. The van der Waals surface area contributed by atoms with E-state index in [-0.39, 0.29) is 6.03 Å². The quantitative estimate of drug-likeness (QED) is 0.784. The molecule has 0 bridgehead atoms. The standard InChI is InChI=1S/C20H27N5O2/c1-27-16-19-14-18(22-23-19)15-21-20(26)25-12-10-24(11-13-25)9-5-8-17-6-3-2-4-7-17/h2-8,14H,9-13,15-16H2,1H3,(H,21,26)(H,22,23)/b8-5+. The number of carbonyl (C=O) groups is 1. The fourth-order valence-corrected chi connectivity index (χ4v) is 3.04. The molecule has 0 saturated carbocycles. The number of benzene rings is 1. The number of piperazine rings is 1. The first-order valence-electron chi connectivity index (χ1n) is 9.23. The Bertz CT molecular complexity index is 736. The molecular formula is C20H27N5O2. The average molecular weight is 369 g/mol. The van der Waals surface area contributed by atoms with Gasteiger partial charge >= 0.3 is 6.03 Å². The van der Waals surface area contributed by atoms with Crippen LogP contribution in [0.25, 0.3) is 6.08 Å². The van der Waals surface area contributed by atoms with Crippen molar-refractivity contribution < 1.29 is 9.53 Å². The van der Waals surface area contributed by atoms with Gasteiger partial charge in [-0.25, -0.2) is 4.79 Å².